The van der Waals surface area contributed by atoms with E-state index in [-0.39, 0.29) is 88.6 Å². The molecule has 2 bridgehead atoms. The van der Waals surface area contributed by atoms with Gasteiger partial charge in [-0.3, -0.25) is 9.80 Å². The molecular formula is C49H53F3N6O7. The third-order valence-electron chi connectivity index (χ3n) is 13.9. The second-order valence-electron chi connectivity index (χ2n) is 20.5. The number of piperazine rings is 1. The zero-order chi connectivity index (χ0) is 45.9. The maximum atomic E-state index is 18.0. The van der Waals surface area contributed by atoms with Crippen LogP contribution < -0.4 is 20.2 Å². The van der Waals surface area contributed by atoms with Gasteiger partial charge in [-0.25, -0.2) is 27.7 Å². The van der Waals surface area contributed by atoms with Gasteiger partial charge in [-0.2, -0.15) is 9.97 Å². The molecule has 342 valence electrons. The molecule has 16 heteroatoms. The molecule has 10 rings (SSSR count). The summed E-state index contributed by atoms with van der Waals surface area (Å²) in [6.07, 6.45) is 8.42. The van der Waals surface area contributed by atoms with Crippen molar-refractivity contribution in [3.8, 4) is 35.4 Å². The standard InChI is InChI=1S/C49H53F3N6O7/c1-9-30-32(51)13-11-26-18-29(61-23-35-42(47(3,4)5)64-46(60)63-35)19-31(36(26)30)39-38(52)40-37-33(53-39)17-25(2)41-34-14-12-28(58(34)45(59)65-48(6,7)8)22-57(41)43(37)55-44(54-40)62-24-49-15-10-16-56(49)21-27(50)20-49/h1,11,13,18-19,25,27-28,34,41H,10,12,14-17,20-24H2,2-8H3/t25-,27+,28+,34-,41-,49-/m0/s1. The van der Waals surface area contributed by atoms with Gasteiger partial charge in [0.15, 0.2) is 17.3 Å². The highest BCUT2D eigenvalue weighted by molar-refractivity contribution is 6.03. The van der Waals surface area contributed by atoms with Gasteiger partial charge >= 0.3 is 17.9 Å². The fourth-order valence-corrected chi connectivity index (χ4v) is 11.3. The summed E-state index contributed by atoms with van der Waals surface area (Å²) in [4.78, 5) is 47.2. The molecule has 0 unspecified atom stereocenters. The first kappa shape index (κ1) is 43.1. The van der Waals surface area contributed by atoms with E-state index in [1.54, 1.807) is 12.1 Å². The van der Waals surface area contributed by atoms with Crippen LogP contribution in [0.1, 0.15) is 103 Å². The molecule has 1 amide bonds. The number of hydrogen-bond acceptors (Lipinski definition) is 12. The van der Waals surface area contributed by atoms with Crippen LogP contribution >= 0.6 is 0 Å². The smallest absolute Gasteiger partial charge is 0.485 e. The zero-order valence-corrected chi connectivity index (χ0v) is 37.7. The van der Waals surface area contributed by atoms with Crippen LogP contribution in [0, 0.1) is 29.9 Å². The number of halogens is 3. The maximum absolute atomic E-state index is 18.0. The molecule has 5 aromatic rings. The molecule has 4 saturated heterocycles. The summed E-state index contributed by atoms with van der Waals surface area (Å²) in [6, 6.07) is 5.20. The van der Waals surface area contributed by atoms with Crippen LogP contribution in [0.3, 0.4) is 0 Å². The largest absolute Gasteiger partial charge is 0.519 e. The first-order valence-electron chi connectivity index (χ1n) is 22.5. The number of ether oxygens (including phenoxy) is 3. The number of pyridine rings is 1. The molecule has 3 aromatic heterocycles. The lowest BCUT2D eigenvalue weighted by molar-refractivity contribution is 0.00489. The molecule has 2 aromatic carbocycles. The van der Waals surface area contributed by atoms with E-state index in [1.807, 2.05) is 46.4 Å². The third kappa shape index (κ3) is 7.34. The Labute approximate surface area is 374 Å². The van der Waals surface area contributed by atoms with E-state index in [2.05, 4.69) is 22.6 Å². The first-order chi connectivity index (χ1) is 30.8. The van der Waals surface area contributed by atoms with Gasteiger partial charge in [0, 0.05) is 35.9 Å². The number of aromatic nitrogens is 3. The second-order valence-corrected chi connectivity index (χ2v) is 20.5. The number of fused-ring (bicyclic) bond motifs is 7. The van der Waals surface area contributed by atoms with Crippen LogP contribution in [-0.4, -0.2) is 92.5 Å². The van der Waals surface area contributed by atoms with Gasteiger partial charge in [0.25, 0.3) is 0 Å². The number of hydrogen-bond donors (Lipinski definition) is 0. The highest BCUT2D eigenvalue weighted by Crippen LogP contribution is 2.48. The van der Waals surface area contributed by atoms with Gasteiger partial charge in [-0.15, -0.1) is 6.42 Å². The average molecular weight is 895 g/mol. The maximum Gasteiger partial charge on any atom is 0.519 e. The van der Waals surface area contributed by atoms with Crippen molar-refractivity contribution in [2.45, 2.75) is 134 Å². The van der Waals surface area contributed by atoms with Crippen LogP contribution in [-0.2, 0) is 23.2 Å². The summed E-state index contributed by atoms with van der Waals surface area (Å²) in [6.45, 7) is 14.7. The molecule has 0 spiro atoms. The van der Waals surface area contributed by atoms with E-state index in [0.717, 1.165) is 32.2 Å². The minimum atomic E-state index is -0.986. The molecule has 4 fully saturated rings. The summed E-state index contributed by atoms with van der Waals surface area (Å²) in [5.74, 6) is 1.14. The molecule has 5 aliphatic heterocycles. The Hall–Kier alpha value is -5.82. The monoisotopic (exact) mass is 894 g/mol. The SMILES string of the molecule is C#Cc1c(F)ccc2cc(OCc3oc(=O)oc3C(C)(C)C)cc(-c3nc4c5c(nc(OC[C@@]67CCCN6C[C@H](F)C7)nc5c3F)N3C[C@H]5CC[C@@H]([C@@H]3[C@@H](C)C4)N5C(=O)OC(C)(C)C)c12. The molecule has 0 radical (unpaired) electrons. The molecule has 0 N–H and O–H groups in total. The number of carbonyl (C=O) groups excluding carboxylic acids is 1. The molecule has 0 aliphatic carbocycles. The molecule has 0 saturated carbocycles. The average Bonchev–Trinajstić information content (AvgIpc) is 3.96. The van der Waals surface area contributed by atoms with Crippen LogP contribution in [0.2, 0.25) is 0 Å². The Balaban J connectivity index is 1.14. The fraction of sp³-hybridized carbons (Fsp3) is 0.531. The molecule has 65 heavy (non-hydrogen) atoms. The van der Waals surface area contributed by atoms with E-state index in [9.17, 15) is 14.0 Å². The van der Waals surface area contributed by atoms with E-state index >= 15 is 8.78 Å². The van der Waals surface area contributed by atoms with Crippen molar-refractivity contribution < 1.29 is 41.0 Å². The summed E-state index contributed by atoms with van der Waals surface area (Å²) in [5.41, 5.74) is -1.45. The Morgan fingerprint density at radius 1 is 1.03 bits per heavy atom. The Bertz CT molecular complexity index is 2860. The normalized spacial score (nSPS) is 25.2. The number of amides is 1. The third-order valence-corrected chi connectivity index (χ3v) is 13.9. The number of alkyl halides is 1. The number of anilines is 1. The molecular weight excluding hydrogens is 842 g/mol. The predicted octanol–water partition coefficient (Wildman–Crippen LogP) is 8.63. The van der Waals surface area contributed by atoms with Gasteiger partial charge in [0.05, 0.1) is 40.3 Å². The van der Waals surface area contributed by atoms with Crippen molar-refractivity contribution in [3.05, 3.63) is 69.3 Å². The molecule has 5 aliphatic rings. The summed E-state index contributed by atoms with van der Waals surface area (Å²) < 4.78 is 78.0. The lowest BCUT2D eigenvalue weighted by Crippen LogP contribution is -2.63. The van der Waals surface area contributed by atoms with Gasteiger partial charge in [-0.1, -0.05) is 39.7 Å². The van der Waals surface area contributed by atoms with Crippen molar-refractivity contribution in [3.63, 3.8) is 0 Å². The fourth-order valence-electron chi connectivity index (χ4n) is 11.3. The number of rotatable bonds is 7. The second kappa shape index (κ2) is 15.4. The number of benzene rings is 2. The lowest BCUT2D eigenvalue weighted by atomic mass is 9.88. The number of terminal acetylenes is 1. The van der Waals surface area contributed by atoms with E-state index in [4.69, 9.17) is 44.4 Å². The van der Waals surface area contributed by atoms with Crippen LogP contribution in [0.25, 0.3) is 32.9 Å². The number of nitrogens with zero attached hydrogens (tertiary/aromatic N) is 6. The summed E-state index contributed by atoms with van der Waals surface area (Å²) >= 11 is 0. The van der Waals surface area contributed by atoms with Gasteiger partial charge in [0.1, 0.15) is 53.6 Å². The molecule has 6 atom stereocenters. The Morgan fingerprint density at radius 3 is 2.58 bits per heavy atom. The van der Waals surface area contributed by atoms with Crippen LogP contribution in [0.4, 0.5) is 23.8 Å². The Morgan fingerprint density at radius 2 is 1.83 bits per heavy atom. The quantitative estimate of drug-likeness (QED) is 0.145. The molecule has 8 heterocycles. The van der Waals surface area contributed by atoms with E-state index in [1.165, 1.54) is 12.1 Å². The van der Waals surface area contributed by atoms with Gasteiger partial charge in [0.2, 0.25) is 0 Å². The Kier molecular flexibility index (Phi) is 10.2. The first-order valence-corrected chi connectivity index (χ1v) is 22.5. The topological polar surface area (TPSA) is 136 Å². The van der Waals surface area contributed by atoms with Crippen molar-refractivity contribution in [1.82, 2.24) is 24.8 Å². The number of carbonyl (C=O) groups is 1. The highest BCUT2D eigenvalue weighted by Gasteiger charge is 2.54. The minimum absolute atomic E-state index is 0.0524. The van der Waals surface area contributed by atoms with Crippen LogP contribution in [0.5, 0.6) is 11.8 Å². The summed E-state index contributed by atoms with van der Waals surface area (Å²) in [5, 5.41) is 1.09. The van der Waals surface area contributed by atoms with E-state index in [0.29, 0.717) is 54.0 Å². The van der Waals surface area contributed by atoms with Crippen molar-refractivity contribution in [1.29, 1.82) is 0 Å². The van der Waals surface area contributed by atoms with Crippen molar-refractivity contribution in [2.24, 2.45) is 5.92 Å². The van der Waals surface area contributed by atoms with Gasteiger partial charge in [-0.05, 0) is 88.9 Å². The molecule has 13 nitrogen and oxygen atoms in total. The van der Waals surface area contributed by atoms with Crippen molar-refractivity contribution >= 4 is 33.6 Å². The summed E-state index contributed by atoms with van der Waals surface area (Å²) in [7, 11) is 0. The van der Waals surface area contributed by atoms with E-state index < -0.39 is 40.2 Å². The highest BCUT2D eigenvalue weighted by atomic mass is 19.1. The van der Waals surface area contributed by atoms with Gasteiger partial charge < -0.3 is 27.9 Å². The van der Waals surface area contributed by atoms with Crippen molar-refractivity contribution in [2.75, 3.05) is 31.1 Å². The lowest BCUT2D eigenvalue weighted by Gasteiger charge is -2.49. The van der Waals surface area contributed by atoms with Crippen LogP contribution in [0.15, 0.2) is 37.9 Å². The minimum Gasteiger partial charge on any atom is -0.485 e. The zero-order valence-electron chi connectivity index (χ0n) is 37.7. The predicted molar refractivity (Wildman–Crippen MR) is 236 cm³/mol.